The number of hydrogen-bond acceptors (Lipinski definition) is 4. The van der Waals surface area contributed by atoms with Crippen LogP contribution in [-0.2, 0) is 19.6 Å². The Hall–Kier alpha value is -4.14. The van der Waals surface area contributed by atoms with Crippen LogP contribution in [0.1, 0.15) is 39.5 Å². The van der Waals surface area contributed by atoms with Gasteiger partial charge in [0.2, 0.25) is 0 Å². The van der Waals surface area contributed by atoms with E-state index in [0.29, 0.717) is 23.7 Å². The zero-order chi connectivity index (χ0) is 33.3. The van der Waals surface area contributed by atoms with Crippen molar-refractivity contribution in [2.45, 2.75) is 32.6 Å². The number of likely N-dealkylation sites (N-methyl/N-ethyl adjacent to an activating group) is 1. The molecule has 0 bridgehead atoms. The summed E-state index contributed by atoms with van der Waals surface area (Å²) < 4.78 is 16.1. The van der Waals surface area contributed by atoms with Crippen LogP contribution >= 0.6 is 0 Å². The van der Waals surface area contributed by atoms with E-state index in [4.69, 9.17) is 0 Å². The van der Waals surface area contributed by atoms with Crippen molar-refractivity contribution < 1.29 is 13.7 Å². The van der Waals surface area contributed by atoms with E-state index in [1.807, 2.05) is 42.5 Å². The van der Waals surface area contributed by atoms with Gasteiger partial charge in [0, 0.05) is 69.5 Å². The summed E-state index contributed by atoms with van der Waals surface area (Å²) in [5.41, 5.74) is 6.48. The first-order chi connectivity index (χ1) is 23.3. The number of benzene rings is 4. The second kappa shape index (κ2) is 15.8. The van der Waals surface area contributed by atoms with Crippen LogP contribution in [0, 0.1) is 5.82 Å². The Bertz CT molecular complexity index is 1700. The first-order valence-corrected chi connectivity index (χ1v) is 17.3. The van der Waals surface area contributed by atoms with Crippen molar-refractivity contribution in [2.24, 2.45) is 0 Å². The second-order valence-electron chi connectivity index (χ2n) is 13.8. The summed E-state index contributed by atoms with van der Waals surface area (Å²) in [5.74, 6) is -0.380. The lowest BCUT2D eigenvalue weighted by atomic mass is 10.00. The Morgan fingerprint density at radius 3 is 2.42 bits per heavy atom. The molecule has 2 saturated heterocycles. The third kappa shape index (κ3) is 9.26. The van der Waals surface area contributed by atoms with Gasteiger partial charge in [0.1, 0.15) is 5.82 Å². The van der Waals surface area contributed by atoms with Crippen molar-refractivity contribution >= 4 is 12.0 Å². The Balaban J connectivity index is 1.01. The van der Waals surface area contributed by atoms with E-state index >= 15 is 4.39 Å². The minimum atomic E-state index is -0.258. The van der Waals surface area contributed by atoms with Crippen LogP contribution in [0.3, 0.4) is 0 Å². The van der Waals surface area contributed by atoms with Gasteiger partial charge < -0.3 is 15.1 Å². The zero-order valence-electron chi connectivity index (χ0n) is 28.4. The summed E-state index contributed by atoms with van der Waals surface area (Å²) in [7, 11) is 2.34. The average molecular weight is 647 g/mol. The Labute approximate surface area is 285 Å². The molecule has 1 atom stereocenters. The molecule has 2 aliphatic rings. The minimum absolute atomic E-state index is 0.122. The number of amides is 1. The fourth-order valence-electron chi connectivity index (χ4n) is 6.85. The van der Waals surface area contributed by atoms with Crippen molar-refractivity contribution in [3.63, 3.8) is 0 Å². The molecule has 0 radical (unpaired) electrons. The fraction of sp³-hybridized carbons (Fsp3) is 0.341. The standard InChI is InChI=1S/C41H48FN5O/c1-32-29-46(19-18-43-32)31-35-11-6-14-37(25-35)39-27-34(16-17-40(39)42)28-44-41(48)38-15-7-12-36(26-38)30-45-20-23-47(2,24-21-45)22-8-13-33-9-4-3-5-10-33/h3-17,25-27,32,43H,18-24,28-31H2,1-2H3/p+1/b13-8+/t32-/m0/s1. The maximum atomic E-state index is 15.0. The lowest BCUT2D eigenvalue weighted by Crippen LogP contribution is -2.56. The SMILES string of the molecule is C[C@H]1CN(Cc2cccc(-c3cc(CNC(=O)c4cccc(CN5CC[N+](C)(C/C=C/c6ccccc6)CC5)c4)ccc3F)c2)CCN1. The maximum Gasteiger partial charge on any atom is 0.251 e. The molecule has 2 aliphatic heterocycles. The monoisotopic (exact) mass is 646 g/mol. The van der Waals surface area contributed by atoms with Crippen LogP contribution < -0.4 is 10.6 Å². The zero-order valence-corrected chi connectivity index (χ0v) is 28.4. The molecular formula is C41H49FN5O+. The van der Waals surface area contributed by atoms with Crippen LogP contribution in [0.25, 0.3) is 17.2 Å². The molecule has 250 valence electrons. The summed E-state index contributed by atoms with van der Waals surface area (Å²) >= 11 is 0. The quantitative estimate of drug-likeness (QED) is 0.191. The van der Waals surface area contributed by atoms with Gasteiger partial charge in [0.15, 0.2) is 0 Å². The van der Waals surface area contributed by atoms with Gasteiger partial charge in [-0.1, -0.05) is 72.8 Å². The van der Waals surface area contributed by atoms with Gasteiger partial charge in [-0.2, -0.15) is 0 Å². The molecule has 6 rings (SSSR count). The topological polar surface area (TPSA) is 47.6 Å². The molecule has 0 saturated carbocycles. The minimum Gasteiger partial charge on any atom is -0.348 e. The highest BCUT2D eigenvalue weighted by Gasteiger charge is 2.27. The Morgan fingerprint density at radius 1 is 0.875 bits per heavy atom. The number of halogens is 1. The molecule has 0 unspecified atom stereocenters. The van der Waals surface area contributed by atoms with Gasteiger partial charge in [-0.15, -0.1) is 0 Å². The highest BCUT2D eigenvalue weighted by Crippen LogP contribution is 2.26. The number of nitrogens with zero attached hydrogens (tertiary/aromatic N) is 3. The summed E-state index contributed by atoms with van der Waals surface area (Å²) in [5, 5.41) is 6.54. The molecule has 48 heavy (non-hydrogen) atoms. The first kappa shape index (κ1) is 33.7. The van der Waals surface area contributed by atoms with Gasteiger partial charge in [0.25, 0.3) is 5.91 Å². The highest BCUT2D eigenvalue weighted by atomic mass is 19.1. The summed E-state index contributed by atoms with van der Waals surface area (Å²) in [6.07, 6.45) is 4.52. The third-order valence-electron chi connectivity index (χ3n) is 9.74. The predicted octanol–water partition coefficient (Wildman–Crippen LogP) is 6.19. The number of nitrogens with one attached hydrogen (secondary N) is 2. The summed E-state index contributed by atoms with van der Waals surface area (Å²) in [6.45, 7) is 12.5. The highest BCUT2D eigenvalue weighted by molar-refractivity contribution is 5.94. The van der Waals surface area contributed by atoms with Gasteiger partial charge in [-0.3, -0.25) is 14.6 Å². The first-order valence-electron chi connectivity index (χ1n) is 17.3. The lowest BCUT2D eigenvalue weighted by Gasteiger charge is -2.41. The molecule has 4 aromatic rings. The molecule has 0 spiro atoms. The van der Waals surface area contributed by atoms with Crippen LogP contribution in [0.5, 0.6) is 0 Å². The van der Waals surface area contributed by atoms with E-state index in [0.717, 1.165) is 86.6 Å². The van der Waals surface area contributed by atoms with Crippen molar-refractivity contribution in [3.05, 3.63) is 137 Å². The summed E-state index contributed by atoms with van der Waals surface area (Å²) in [6, 6.07) is 32.1. The van der Waals surface area contributed by atoms with Crippen LogP contribution in [0.4, 0.5) is 4.39 Å². The van der Waals surface area contributed by atoms with E-state index in [-0.39, 0.29) is 11.7 Å². The number of carbonyl (C=O) groups is 1. The van der Waals surface area contributed by atoms with Crippen molar-refractivity contribution in [2.75, 3.05) is 59.4 Å². The molecule has 2 heterocycles. The molecule has 7 heteroatoms. The number of carbonyl (C=O) groups excluding carboxylic acids is 1. The Morgan fingerprint density at radius 2 is 1.62 bits per heavy atom. The summed E-state index contributed by atoms with van der Waals surface area (Å²) in [4.78, 5) is 18.1. The van der Waals surface area contributed by atoms with Crippen molar-refractivity contribution in [1.29, 1.82) is 0 Å². The average Bonchev–Trinajstić information content (AvgIpc) is 3.10. The van der Waals surface area contributed by atoms with Gasteiger partial charge in [-0.05, 0) is 71.1 Å². The maximum absolute atomic E-state index is 15.0. The van der Waals surface area contributed by atoms with Crippen LogP contribution in [0.15, 0.2) is 103 Å². The lowest BCUT2D eigenvalue weighted by molar-refractivity contribution is -0.908. The van der Waals surface area contributed by atoms with Crippen LogP contribution in [0.2, 0.25) is 0 Å². The second-order valence-corrected chi connectivity index (χ2v) is 13.8. The van der Waals surface area contributed by atoms with Crippen molar-refractivity contribution in [1.82, 2.24) is 20.4 Å². The molecule has 4 aromatic carbocycles. The Kier molecular flexibility index (Phi) is 11.1. The van der Waals surface area contributed by atoms with Gasteiger partial charge in [0.05, 0.1) is 26.7 Å². The number of piperazine rings is 2. The van der Waals surface area contributed by atoms with E-state index < -0.39 is 0 Å². The van der Waals surface area contributed by atoms with Crippen molar-refractivity contribution in [3.8, 4) is 11.1 Å². The van der Waals surface area contributed by atoms with Gasteiger partial charge in [-0.25, -0.2) is 4.39 Å². The van der Waals surface area contributed by atoms with E-state index in [2.05, 4.69) is 89.0 Å². The number of quaternary nitrogens is 1. The molecular weight excluding hydrogens is 597 g/mol. The fourth-order valence-corrected chi connectivity index (χ4v) is 6.85. The molecule has 2 N–H and O–H groups in total. The normalized spacial score (nSPS) is 18.6. The van der Waals surface area contributed by atoms with E-state index in [9.17, 15) is 4.79 Å². The largest absolute Gasteiger partial charge is 0.348 e. The van der Waals surface area contributed by atoms with Crippen LogP contribution in [-0.4, -0.2) is 85.6 Å². The molecule has 2 fully saturated rings. The smallest absolute Gasteiger partial charge is 0.251 e. The van der Waals surface area contributed by atoms with E-state index in [1.165, 1.54) is 17.2 Å². The third-order valence-corrected chi connectivity index (χ3v) is 9.74. The number of hydrogen-bond donors (Lipinski definition) is 2. The van der Waals surface area contributed by atoms with E-state index in [1.54, 1.807) is 6.07 Å². The number of rotatable bonds is 11. The molecule has 6 nitrogen and oxygen atoms in total. The van der Waals surface area contributed by atoms with Gasteiger partial charge >= 0.3 is 0 Å². The molecule has 0 aliphatic carbocycles. The predicted molar refractivity (Wildman–Crippen MR) is 194 cm³/mol. The molecule has 1 amide bonds. The molecule has 0 aromatic heterocycles.